The number of nitrogen functional groups attached to an aromatic ring is 2. The van der Waals surface area contributed by atoms with E-state index in [2.05, 4.69) is 81.7 Å². The van der Waals surface area contributed by atoms with E-state index in [-0.39, 0.29) is 81.7 Å². The van der Waals surface area contributed by atoms with E-state index in [1.54, 1.807) is 18.2 Å². The molecule has 4 aliphatic heterocycles. The Morgan fingerprint density at radius 3 is 2.13 bits per heavy atom. The van der Waals surface area contributed by atoms with Gasteiger partial charge in [-0.2, -0.15) is 26.6 Å². The number of carbonyl (C=O) groups excluding carboxylic acids is 4. The molecule has 2 fully saturated rings. The number of nitrogens with one attached hydrogen (secondary N) is 3. The van der Waals surface area contributed by atoms with Crippen LogP contribution in [0.3, 0.4) is 0 Å². The van der Waals surface area contributed by atoms with Crippen LogP contribution in [-0.4, -0.2) is 223 Å². The number of phosphoric ester groups is 3. The van der Waals surface area contributed by atoms with E-state index in [0.29, 0.717) is 69.4 Å². The first kappa shape index (κ1) is 102. The molecule has 9 rings (SSSR count). The van der Waals surface area contributed by atoms with Crippen molar-refractivity contribution in [3.8, 4) is 23.7 Å². The van der Waals surface area contributed by atoms with Gasteiger partial charge in [0.25, 0.3) is 10.1 Å². The molecular weight excluding hydrogens is 1840 g/mol. The van der Waals surface area contributed by atoms with Gasteiger partial charge in [0, 0.05) is 97.2 Å². The molecule has 45 nitrogen and oxygen atoms in total. The molecular formula is C72H96N12O33P5S4+. The summed E-state index contributed by atoms with van der Waals surface area (Å²) >= 11 is 0. The highest BCUT2D eigenvalue weighted by molar-refractivity contribution is 8.76. The molecule has 690 valence electrons. The van der Waals surface area contributed by atoms with Gasteiger partial charge in [0.05, 0.1) is 51.5 Å². The summed E-state index contributed by atoms with van der Waals surface area (Å²) in [5, 5.41) is 30.3. The molecule has 0 saturated carbocycles. The summed E-state index contributed by atoms with van der Waals surface area (Å²) in [6, 6.07) is 8.50. The largest absolute Gasteiger partial charge is 0.490 e. The molecule has 4 aliphatic rings. The maximum atomic E-state index is 13.9. The first-order chi connectivity index (χ1) is 59.0. The zero-order valence-corrected chi connectivity index (χ0v) is 75.8. The Hall–Kier alpha value is -7.74. The van der Waals surface area contributed by atoms with E-state index in [0.717, 1.165) is 45.4 Å². The standard InChI is InChI=1S/C72H95N12O33P5S4/c1-6-81-51-28-26-46(125(105)106)35-48(51)71(2,3)56(81)21-10-7-11-22-57-72(4,5)49-36-47(126(107,108)109)27-29-52(49)82(57)32-15-9-13-24-59(86)79-50(68(90)76-30-14-8-12-23-58(85)75-31-16-19-45-39-83(70(91)80-65(45)73)60-37-53(115-119(95,96)97)54(113-60)40-111-118(92,93)94)42-124-123-34-18-25-61(87)110-33-17-20-44-38-84(67-62(44)66(74)77-43-78-67)69-64(89)63(88)55(114-69)41-112-121(101,102)117-122(103,104)116-120(98,99)100/h7,10-11,21-22,26-29,35-36,38-39,43,50,53-55,60,63-64,69,88-89,125H,6,8-9,12-15,18,23-25,30-34,37,40-42H2,1-5H3,(H15-,73,74,75,76,77,78,79,80,85,86,90,91,92,93,94,95,96,97,98,99,100,101,102,103,104,107,108,109)/p+1. The second-order valence-corrected chi connectivity index (χ2v) is 41.5. The Morgan fingerprint density at radius 1 is 0.746 bits per heavy atom. The van der Waals surface area contributed by atoms with Crippen molar-refractivity contribution in [3.05, 3.63) is 124 Å². The number of allylic oxidation sites excluding steroid dienone is 6. The molecule has 54 heteroatoms. The number of amides is 3. The Morgan fingerprint density at radius 2 is 1.44 bits per heavy atom. The van der Waals surface area contributed by atoms with Gasteiger partial charge in [-0.1, -0.05) is 90.2 Å². The molecule has 10 atom stereocenters. The number of esters is 1. The Labute approximate surface area is 730 Å². The van der Waals surface area contributed by atoms with Crippen LogP contribution < -0.4 is 38.0 Å². The number of ether oxygens (including phenoxy) is 3. The van der Waals surface area contributed by atoms with Gasteiger partial charge in [-0.15, -0.1) is 0 Å². The maximum Gasteiger partial charge on any atom is 0.490 e. The number of hydrogen-bond acceptors (Lipinski definition) is 32. The van der Waals surface area contributed by atoms with E-state index < -0.39 is 175 Å². The lowest BCUT2D eigenvalue weighted by Gasteiger charge is -2.27. The number of unbranched alkanes of at least 4 members (excludes halogenated alkanes) is 4. The SMILES string of the molecule is CC[N+]1=C(/C=C/C=C/C=C2/N(CCCCCC(=O)NC(CSSCCCC(=O)OCC#Cc3cn(C4OC(COP(=O)(O)OP(=O)(O)OP(=O)(O)O)C(O)C4O)c4ncnc(N)c34)C(=O)NCCCCCC(=O)NCC#Cc3cn(C4CC(OP(=O)(O)O)C(COP(=O)(O)O)O4)c(=O)nc3N)c3ccc(S(=O)(=O)O)cc3C2(C)C)C(C)(C)c2cc([SH](=O)=O)ccc21. The summed E-state index contributed by atoms with van der Waals surface area (Å²) in [6.07, 6.45) is 4.50. The normalized spacial score (nSPS) is 20.8. The first-order valence-corrected chi connectivity index (χ1v) is 51.2. The number of nitrogens with two attached hydrogens (primary N) is 2. The Bertz CT molecular complexity index is 5680. The zero-order valence-electron chi connectivity index (χ0n) is 67.9. The van der Waals surface area contributed by atoms with Crippen molar-refractivity contribution >= 4 is 145 Å². The molecule has 2 aromatic carbocycles. The number of benzene rings is 2. The van der Waals surface area contributed by atoms with E-state index in [9.17, 15) is 108 Å². The lowest BCUT2D eigenvalue weighted by molar-refractivity contribution is -0.433. The lowest BCUT2D eigenvalue weighted by Crippen LogP contribution is -2.48. The Balaban J connectivity index is 0.780. The molecule has 3 aromatic heterocycles. The van der Waals surface area contributed by atoms with E-state index in [4.69, 9.17) is 40.0 Å². The number of carbonyl (C=O) groups is 4. The molecule has 0 bridgehead atoms. The number of aromatic nitrogens is 5. The molecule has 0 radical (unpaired) electrons. The van der Waals surface area contributed by atoms with Crippen molar-refractivity contribution in [3.63, 3.8) is 0 Å². The van der Waals surface area contributed by atoms with Gasteiger partial charge in [-0.05, 0) is 94.8 Å². The lowest BCUT2D eigenvalue weighted by atomic mass is 9.81. The molecule has 0 spiro atoms. The van der Waals surface area contributed by atoms with Gasteiger partial charge in [0.1, 0.15) is 72.9 Å². The van der Waals surface area contributed by atoms with Crippen LogP contribution in [0.4, 0.5) is 23.0 Å². The molecule has 18 N–H and O–H groups in total. The average Bonchev–Trinajstić information content (AvgIpc) is 1.62. The second-order valence-electron chi connectivity index (χ2n) is 29.6. The summed E-state index contributed by atoms with van der Waals surface area (Å²) in [4.78, 5) is 155. The molecule has 3 amide bonds. The van der Waals surface area contributed by atoms with Crippen LogP contribution in [0.1, 0.15) is 140 Å². The van der Waals surface area contributed by atoms with Crippen molar-refractivity contribution in [2.75, 3.05) is 73.9 Å². The Kier molecular flexibility index (Phi) is 35.4. The molecule has 5 aromatic rings. The third kappa shape index (κ3) is 28.4. The number of phosphoric acid groups is 5. The first-order valence-electron chi connectivity index (χ1n) is 38.5. The average molecular weight is 1940 g/mol. The highest BCUT2D eigenvalue weighted by atomic mass is 33.1. The van der Waals surface area contributed by atoms with E-state index >= 15 is 0 Å². The van der Waals surface area contributed by atoms with Crippen LogP contribution in [0, 0.1) is 23.7 Å². The van der Waals surface area contributed by atoms with Gasteiger partial charge < -0.3 is 100 Å². The summed E-state index contributed by atoms with van der Waals surface area (Å²) in [5.41, 5.74) is 14.9. The number of aliphatic hydroxyl groups is 2. The monoisotopic (exact) mass is 1940 g/mol. The summed E-state index contributed by atoms with van der Waals surface area (Å²) in [7, 11) is -32.3. The predicted octanol–water partition coefficient (Wildman–Crippen LogP) is 4.04. The van der Waals surface area contributed by atoms with Crippen LogP contribution in [0.2, 0.25) is 0 Å². The minimum Gasteiger partial charge on any atom is -0.452 e. The highest BCUT2D eigenvalue weighted by Crippen LogP contribution is 2.66. The molecule has 10 unspecified atom stereocenters. The van der Waals surface area contributed by atoms with Gasteiger partial charge in [-0.25, -0.2) is 46.0 Å². The molecule has 2 saturated heterocycles. The third-order valence-electron chi connectivity index (χ3n) is 19.9. The second kappa shape index (κ2) is 43.8. The van der Waals surface area contributed by atoms with Gasteiger partial charge in [0.15, 0.2) is 29.3 Å². The number of aliphatic hydroxyl groups excluding tert-OH is 2. The van der Waals surface area contributed by atoms with Crippen molar-refractivity contribution in [1.29, 1.82) is 0 Å². The third-order valence-corrected chi connectivity index (χ3v) is 28.8. The quantitative estimate of drug-likeness (QED) is 0.00301. The van der Waals surface area contributed by atoms with Crippen LogP contribution in [0.15, 0.2) is 106 Å². The predicted molar refractivity (Wildman–Crippen MR) is 454 cm³/mol. The summed E-state index contributed by atoms with van der Waals surface area (Å²) < 4.78 is 159. The highest BCUT2D eigenvalue weighted by Gasteiger charge is 2.49. The van der Waals surface area contributed by atoms with Gasteiger partial charge >= 0.3 is 50.8 Å². The minimum atomic E-state index is -5.89. The fourth-order valence-electron chi connectivity index (χ4n) is 14.0. The smallest absolute Gasteiger partial charge is 0.452 e. The van der Waals surface area contributed by atoms with Crippen LogP contribution >= 0.6 is 60.7 Å². The number of thiol groups is 1. The van der Waals surface area contributed by atoms with Crippen molar-refractivity contribution < 1.29 is 154 Å². The number of hydrogen-bond donors (Lipinski definition) is 17. The molecule has 7 heterocycles. The fourth-order valence-corrected chi connectivity index (χ4v) is 21.1. The van der Waals surface area contributed by atoms with E-state index in [1.165, 1.54) is 44.5 Å². The summed E-state index contributed by atoms with van der Waals surface area (Å²) in [6.45, 7) is 8.56. The molecule has 0 aliphatic carbocycles. The molecule has 126 heavy (non-hydrogen) atoms. The number of anilines is 3. The summed E-state index contributed by atoms with van der Waals surface area (Å²) in [5.74, 6) is 8.92. The van der Waals surface area contributed by atoms with Crippen molar-refractivity contribution in [1.82, 2.24) is 40.0 Å². The number of nitrogens with zero attached hydrogens (tertiary/aromatic N) is 7. The topological polar surface area (TPSA) is 678 Å². The minimum absolute atomic E-state index is 0.00569. The van der Waals surface area contributed by atoms with Crippen molar-refractivity contribution in [2.45, 2.75) is 175 Å². The zero-order chi connectivity index (χ0) is 92.7. The number of rotatable bonds is 43. The van der Waals surface area contributed by atoms with Gasteiger partial charge in [0.2, 0.25) is 23.4 Å². The van der Waals surface area contributed by atoms with Crippen LogP contribution in [0.5, 0.6) is 0 Å². The van der Waals surface area contributed by atoms with Crippen LogP contribution in [-0.2, 0) is 110 Å². The van der Waals surface area contributed by atoms with E-state index in [1.807, 2.05) is 71.1 Å². The van der Waals surface area contributed by atoms with Crippen LogP contribution in [0.25, 0.3) is 11.0 Å². The number of fused-ring (bicyclic) bond motifs is 3. The van der Waals surface area contributed by atoms with Gasteiger partial charge in [-0.3, -0.25) is 41.9 Å². The fraction of sp³-hybridized carbons (Fsp3) is 0.486. The maximum absolute atomic E-state index is 13.9. The van der Waals surface area contributed by atoms with Crippen molar-refractivity contribution in [2.24, 2.45) is 0 Å².